The van der Waals surface area contributed by atoms with Crippen molar-refractivity contribution in [3.63, 3.8) is 0 Å². The number of likely N-dealkylation sites (N-methyl/N-ethyl adjacent to an activating group) is 1. The van der Waals surface area contributed by atoms with E-state index in [1.807, 2.05) is 13.8 Å². The zero-order valence-electron chi connectivity index (χ0n) is 11.2. The first-order chi connectivity index (χ1) is 8.63. The first kappa shape index (κ1) is 14.6. The van der Waals surface area contributed by atoms with Crippen LogP contribution >= 0.6 is 0 Å². The van der Waals surface area contributed by atoms with Crippen molar-refractivity contribution in [2.24, 2.45) is 0 Å². The molecule has 0 aromatic carbocycles. The average Bonchev–Trinajstić information content (AvgIpc) is 2.86. The molecule has 18 heavy (non-hydrogen) atoms. The molecule has 7 heteroatoms. The van der Waals surface area contributed by atoms with E-state index in [1.54, 1.807) is 20.2 Å². The third-order valence-electron chi connectivity index (χ3n) is 2.43. The Hall–Kier alpha value is -1.47. The van der Waals surface area contributed by atoms with Gasteiger partial charge in [-0.3, -0.25) is 4.79 Å². The monoisotopic (exact) mass is 256 g/mol. The van der Waals surface area contributed by atoms with Gasteiger partial charge in [0.15, 0.2) is 0 Å². The van der Waals surface area contributed by atoms with Crippen molar-refractivity contribution in [2.45, 2.75) is 33.1 Å². The Labute approximate surface area is 106 Å². The summed E-state index contributed by atoms with van der Waals surface area (Å²) in [5.74, 6) is -0.129. The summed E-state index contributed by atoms with van der Waals surface area (Å²) in [5.41, 5.74) is 0.564. The van der Waals surface area contributed by atoms with Crippen LogP contribution in [-0.2, 0) is 14.3 Å². The van der Waals surface area contributed by atoms with E-state index in [1.165, 1.54) is 4.68 Å². The minimum absolute atomic E-state index is 0.129. The van der Waals surface area contributed by atoms with Crippen molar-refractivity contribution in [1.82, 2.24) is 20.3 Å². The van der Waals surface area contributed by atoms with Gasteiger partial charge in [-0.25, -0.2) is 4.68 Å². The molecule has 102 valence electrons. The minimum Gasteiger partial charge on any atom is -0.357 e. The van der Waals surface area contributed by atoms with Crippen LogP contribution in [0.1, 0.15) is 38.8 Å². The summed E-state index contributed by atoms with van der Waals surface area (Å²) < 4.78 is 12.3. The maximum absolute atomic E-state index is 11.5. The fourth-order valence-corrected chi connectivity index (χ4v) is 1.44. The first-order valence-corrected chi connectivity index (χ1v) is 6.00. The summed E-state index contributed by atoms with van der Waals surface area (Å²) in [4.78, 5) is 11.5. The normalized spacial score (nSPS) is 12.7. The van der Waals surface area contributed by atoms with Crippen LogP contribution in [0.25, 0.3) is 0 Å². The van der Waals surface area contributed by atoms with E-state index in [4.69, 9.17) is 9.47 Å². The predicted molar refractivity (Wildman–Crippen MR) is 64.8 cm³/mol. The van der Waals surface area contributed by atoms with Crippen LogP contribution in [0, 0.1) is 0 Å². The Morgan fingerprint density at radius 2 is 2.06 bits per heavy atom. The summed E-state index contributed by atoms with van der Waals surface area (Å²) in [7, 11) is 1.58. The van der Waals surface area contributed by atoms with Crippen LogP contribution in [0.2, 0.25) is 0 Å². The predicted octanol–water partition coefficient (Wildman–Crippen LogP) is 0.657. The number of nitrogens with one attached hydrogen (secondary N) is 1. The van der Waals surface area contributed by atoms with Crippen molar-refractivity contribution < 1.29 is 14.3 Å². The van der Waals surface area contributed by atoms with Crippen LogP contribution in [0.4, 0.5) is 0 Å². The zero-order valence-corrected chi connectivity index (χ0v) is 11.2. The van der Waals surface area contributed by atoms with Gasteiger partial charge in [-0.05, 0) is 20.8 Å². The van der Waals surface area contributed by atoms with Crippen LogP contribution in [0.3, 0.4) is 0 Å². The molecule has 1 unspecified atom stereocenters. The second-order valence-corrected chi connectivity index (χ2v) is 3.66. The molecule has 1 heterocycles. The number of amides is 1. The quantitative estimate of drug-likeness (QED) is 0.725. The number of hydrogen-bond acceptors (Lipinski definition) is 5. The molecule has 0 fully saturated rings. The maximum atomic E-state index is 11.5. The van der Waals surface area contributed by atoms with E-state index in [2.05, 4.69) is 15.6 Å². The average molecular weight is 256 g/mol. The van der Waals surface area contributed by atoms with E-state index in [0.717, 1.165) is 0 Å². The van der Waals surface area contributed by atoms with Crippen LogP contribution in [0.5, 0.6) is 0 Å². The Balaban J connectivity index is 2.79. The summed E-state index contributed by atoms with van der Waals surface area (Å²) in [5, 5.41) is 10.5. The first-order valence-electron chi connectivity index (χ1n) is 6.00. The lowest BCUT2D eigenvalue weighted by molar-refractivity contribution is -0.142. The lowest BCUT2D eigenvalue weighted by Gasteiger charge is -2.13. The van der Waals surface area contributed by atoms with Gasteiger partial charge in [-0.15, -0.1) is 5.10 Å². The van der Waals surface area contributed by atoms with Gasteiger partial charge in [0.25, 0.3) is 0 Å². The fourth-order valence-electron chi connectivity index (χ4n) is 1.44. The number of ether oxygens (including phenoxy) is 2. The molecule has 0 aliphatic rings. The van der Waals surface area contributed by atoms with Crippen molar-refractivity contribution in [3.8, 4) is 0 Å². The van der Waals surface area contributed by atoms with Crippen molar-refractivity contribution in [1.29, 1.82) is 0 Å². The number of carbonyl (C=O) groups is 1. The van der Waals surface area contributed by atoms with Gasteiger partial charge < -0.3 is 14.8 Å². The van der Waals surface area contributed by atoms with E-state index in [0.29, 0.717) is 18.9 Å². The molecular weight excluding hydrogens is 236 g/mol. The molecule has 1 rings (SSSR count). The molecule has 0 aliphatic carbocycles. The number of aromatic nitrogens is 3. The van der Waals surface area contributed by atoms with Crippen molar-refractivity contribution in [2.75, 3.05) is 20.3 Å². The van der Waals surface area contributed by atoms with Gasteiger partial charge in [0, 0.05) is 20.3 Å². The number of hydrogen-bond donors (Lipinski definition) is 1. The lowest BCUT2D eigenvalue weighted by Crippen LogP contribution is -2.28. The summed E-state index contributed by atoms with van der Waals surface area (Å²) >= 11 is 0. The Morgan fingerprint density at radius 1 is 1.44 bits per heavy atom. The number of rotatable bonds is 7. The minimum atomic E-state index is -0.536. The number of carbonyl (C=O) groups excluding carboxylic acids is 1. The van der Waals surface area contributed by atoms with Crippen LogP contribution in [0.15, 0.2) is 6.20 Å². The molecule has 0 radical (unpaired) electrons. The van der Waals surface area contributed by atoms with Gasteiger partial charge in [-0.1, -0.05) is 5.21 Å². The van der Waals surface area contributed by atoms with E-state index < -0.39 is 12.3 Å². The molecule has 7 nitrogen and oxygen atoms in total. The molecule has 1 atom stereocenters. The Kier molecular flexibility index (Phi) is 5.73. The Morgan fingerprint density at radius 3 is 2.56 bits per heavy atom. The SMILES string of the molecule is CCOC(OCC)c1cn(C(C)C(=O)NC)nn1. The highest BCUT2D eigenvalue weighted by Gasteiger charge is 2.20. The molecule has 1 amide bonds. The molecule has 1 aromatic rings. The molecule has 0 saturated carbocycles. The van der Waals surface area contributed by atoms with E-state index in [-0.39, 0.29) is 5.91 Å². The van der Waals surface area contributed by atoms with Crippen LogP contribution in [-0.4, -0.2) is 41.2 Å². The van der Waals surface area contributed by atoms with Gasteiger partial charge in [0.05, 0.1) is 6.20 Å². The van der Waals surface area contributed by atoms with Gasteiger partial charge >= 0.3 is 0 Å². The molecule has 0 spiro atoms. The third kappa shape index (κ3) is 3.51. The van der Waals surface area contributed by atoms with E-state index >= 15 is 0 Å². The molecule has 0 aliphatic heterocycles. The summed E-state index contributed by atoms with van der Waals surface area (Å²) in [6.07, 6.45) is 1.13. The standard InChI is InChI=1S/C11H20N4O3/c1-5-17-11(18-6-2)9-7-15(14-13-9)8(3)10(16)12-4/h7-8,11H,5-6H2,1-4H3,(H,12,16). The smallest absolute Gasteiger partial charge is 0.244 e. The van der Waals surface area contributed by atoms with Crippen LogP contribution < -0.4 is 5.32 Å². The highest BCUT2D eigenvalue weighted by atomic mass is 16.7. The third-order valence-corrected chi connectivity index (χ3v) is 2.43. The molecule has 1 aromatic heterocycles. The summed E-state index contributed by atoms with van der Waals surface area (Å²) in [6, 6.07) is -0.417. The fraction of sp³-hybridized carbons (Fsp3) is 0.727. The van der Waals surface area contributed by atoms with Crippen molar-refractivity contribution >= 4 is 5.91 Å². The largest absolute Gasteiger partial charge is 0.357 e. The number of nitrogens with zero attached hydrogens (tertiary/aromatic N) is 3. The Bertz CT molecular complexity index is 374. The topological polar surface area (TPSA) is 78.3 Å². The van der Waals surface area contributed by atoms with Gasteiger partial charge in [0.1, 0.15) is 11.7 Å². The second-order valence-electron chi connectivity index (χ2n) is 3.66. The van der Waals surface area contributed by atoms with Gasteiger partial charge in [0.2, 0.25) is 12.2 Å². The molecule has 0 saturated heterocycles. The zero-order chi connectivity index (χ0) is 13.5. The highest BCUT2D eigenvalue weighted by Crippen LogP contribution is 2.17. The van der Waals surface area contributed by atoms with E-state index in [9.17, 15) is 4.79 Å². The maximum Gasteiger partial charge on any atom is 0.244 e. The summed E-state index contributed by atoms with van der Waals surface area (Å²) in [6.45, 7) is 6.53. The van der Waals surface area contributed by atoms with Gasteiger partial charge in [-0.2, -0.15) is 0 Å². The molecule has 1 N–H and O–H groups in total. The molecule has 0 bridgehead atoms. The molecular formula is C11H20N4O3. The highest BCUT2D eigenvalue weighted by molar-refractivity contribution is 5.79. The van der Waals surface area contributed by atoms with Crippen molar-refractivity contribution in [3.05, 3.63) is 11.9 Å². The second kappa shape index (κ2) is 7.07. The lowest BCUT2D eigenvalue weighted by atomic mass is 10.3.